The van der Waals surface area contributed by atoms with Crippen LogP contribution in [-0.4, -0.2) is 43.0 Å². The molecular weight excluding hydrogens is 416 g/mol. The number of hydrogen-bond acceptors (Lipinski definition) is 4. The first-order valence-corrected chi connectivity index (χ1v) is 11.3. The van der Waals surface area contributed by atoms with Gasteiger partial charge in [-0.3, -0.25) is 9.59 Å². The molecule has 1 fully saturated rings. The third-order valence-electron chi connectivity index (χ3n) is 5.53. The maximum atomic E-state index is 13.1. The van der Waals surface area contributed by atoms with Crippen molar-refractivity contribution >= 4 is 17.5 Å². The van der Waals surface area contributed by atoms with E-state index in [0.29, 0.717) is 35.8 Å². The predicted octanol–water partition coefficient (Wildman–Crippen LogP) is 5.02. The molecule has 2 amide bonds. The molecule has 0 spiro atoms. The zero-order valence-corrected chi connectivity index (χ0v) is 18.5. The second kappa shape index (κ2) is 11.2. The standard InChI is InChI=1S/C27H28N2O4/c30-26(28-24-15-7-5-13-22(24)27(31)29-17-9-2-10-18-29)23-14-6-8-16-25(23)33-20-19-32-21-11-3-1-4-12-21/h1,3-8,11-16H,2,9-10,17-20H2,(H,28,30). The number of benzene rings is 3. The van der Waals surface area contributed by atoms with E-state index in [0.717, 1.165) is 38.1 Å². The number of hydrogen-bond donors (Lipinski definition) is 1. The van der Waals surface area contributed by atoms with E-state index in [1.54, 1.807) is 30.3 Å². The van der Waals surface area contributed by atoms with E-state index >= 15 is 0 Å². The van der Waals surface area contributed by atoms with Crippen LogP contribution in [-0.2, 0) is 0 Å². The van der Waals surface area contributed by atoms with Gasteiger partial charge in [-0.25, -0.2) is 0 Å². The topological polar surface area (TPSA) is 67.9 Å². The number of ether oxygens (including phenoxy) is 2. The molecule has 4 rings (SSSR count). The average molecular weight is 445 g/mol. The molecule has 0 aliphatic carbocycles. The molecule has 6 nitrogen and oxygen atoms in total. The van der Waals surface area contributed by atoms with E-state index in [1.807, 2.05) is 53.4 Å². The van der Waals surface area contributed by atoms with Crippen LogP contribution in [0.4, 0.5) is 5.69 Å². The first-order valence-electron chi connectivity index (χ1n) is 11.3. The van der Waals surface area contributed by atoms with Crippen molar-refractivity contribution in [3.8, 4) is 11.5 Å². The molecule has 0 unspecified atom stereocenters. The van der Waals surface area contributed by atoms with E-state index < -0.39 is 0 Å². The Labute approximate surface area is 194 Å². The maximum Gasteiger partial charge on any atom is 0.259 e. The van der Waals surface area contributed by atoms with Gasteiger partial charge in [-0.15, -0.1) is 0 Å². The van der Waals surface area contributed by atoms with Gasteiger partial charge >= 0.3 is 0 Å². The lowest BCUT2D eigenvalue weighted by Gasteiger charge is -2.27. The zero-order chi connectivity index (χ0) is 22.9. The molecule has 1 N–H and O–H groups in total. The van der Waals surface area contributed by atoms with Crippen LogP contribution in [0.2, 0.25) is 0 Å². The molecule has 6 heteroatoms. The second-order valence-corrected chi connectivity index (χ2v) is 7.86. The van der Waals surface area contributed by atoms with E-state index in [2.05, 4.69) is 5.32 Å². The number of carbonyl (C=O) groups is 2. The molecule has 3 aromatic rings. The normalized spacial score (nSPS) is 13.3. The number of piperidine rings is 1. The summed E-state index contributed by atoms with van der Waals surface area (Å²) in [6, 6.07) is 23.7. The average Bonchev–Trinajstić information content (AvgIpc) is 2.88. The van der Waals surface area contributed by atoms with Gasteiger partial charge in [0, 0.05) is 13.1 Å². The summed E-state index contributed by atoms with van der Waals surface area (Å²) in [6.45, 7) is 2.15. The molecule has 3 aromatic carbocycles. The lowest BCUT2D eigenvalue weighted by atomic mass is 10.1. The highest BCUT2D eigenvalue weighted by molar-refractivity contribution is 6.10. The smallest absolute Gasteiger partial charge is 0.259 e. The second-order valence-electron chi connectivity index (χ2n) is 7.86. The zero-order valence-electron chi connectivity index (χ0n) is 18.5. The number of amides is 2. The quantitative estimate of drug-likeness (QED) is 0.495. The minimum atomic E-state index is -0.325. The number of nitrogens with zero attached hydrogens (tertiary/aromatic N) is 1. The first kappa shape index (κ1) is 22.4. The minimum absolute atomic E-state index is 0.0480. The fourth-order valence-electron chi connectivity index (χ4n) is 3.84. The van der Waals surface area contributed by atoms with E-state index in [1.165, 1.54) is 0 Å². The number of nitrogens with one attached hydrogen (secondary N) is 1. The van der Waals surface area contributed by atoms with E-state index in [9.17, 15) is 9.59 Å². The van der Waals surface area contributed by atoms with Gasteiger partial charge in [-0.05, 0) is 55.7 Å². The molecule has 170 valence electrons. The summed E-state index contributed by atoms with van der Waals surface area (Å²) in [7, 11) is 0. The SMILES string of the molecule is O=C(Nc1ccccc1C(=O)N1CCCCC1)c1ccccc1OCCOc1ccccc1. The molecule has 1 aliphatic heterocycles. The molecule has 1 aliphatic rings. The molecular formula is C27H28N2O4. The van der Waals surface area contributed by atoms with Crippen molar-refractivity contribution in [2.45, 2.75) is 19.3 Å². The summed E-state index contributed by atoms with van der Waals surface area (Å²) in [5.74, 6) is 0.857. The summed E-state index contributed by atoms with van der Waals surface area (Å²) < 4.78 is 11.5. The van der Waals surface area contributed by atoms with Crippen molar-refractivity contribution < 1.29 is 19.1 Å². The van der Waals surface area contributed by atoms with E-state index in [-0.39, 0.29) is 11.8 Å². The summed E-state index contributed by atoms with van der Waals surface area (Å²) in [4.78, 5) is 28.0. The first-order chi connectivity index (χ1) is 16.2. The molecule has 1 saturated heterocycles. The lowest BCUT2D eigenvalue weighted by molar-refractivity contribution is 0.0725. The van der Waals surface area contributed by atoms with Crippen LogP contribution in [0, 0.1) is 0 Å². The van der Waals surface area contributed by atoms with Crippen LogP contribution >= 0.6 is 0 Å². The highest BCUT2D eigenvalue weighted by atomic mass is 16.5. The molecule has 0 atom stereocenters. The number of likely N-dealkylation sites (tertiary alicyclic amines) is 1. The van der Waals surface area contributed by atoms with Gasteiger partial charge in [0.05, 0.1) is 16.8 Å². The fourth-order valence-corrected chi connectivity index (χ4v) is 3.84. The van der Waals surface area contributed by atoms with Crippen molar-refractivity contribution in [3.05, 3.63) is 90.0 Å². The summed E-state index contributed by atoms with van der Waals surface area (Å²) in [5.41, 5.74) is 1.40. The molecule has 0 radical (unpaired) electrons. The van der Waals surface area contributed by atoms with Gasteiger partial charge in [0.15, 0.2) is 0 Å². The van der Waals surface area contributed by atoms with Gasteiger partial charge in [-0.2, -0.15) is 0 Å². The number of para-hydroxylation sites is 3. The Bertz CT molecular complexity index is 1080. The van der Waals surface area contributed by atoms with E-state index in [4.69, 9.17) is 9.47 Å². The largest absolute Gasteiger partial charge is 0.490 e. The Morgan fingerprint density at radius 3 is 2.15 bits per heavy atom. The van der Waals surface area contributed by atoms with Crippen LogP contribution in [0.25, 0.3) is 0 Å². The third-order valence-corrected chi connectivity index (χ3v) is 5.53. The van der Waals surface area contributed by atoms with Crippen LogP contribution in [0.3, 0.4) is 0 Å². The van der Waals surface area contributed by atoms with Crippen LogP contribution in [0.5, 0.6) is 11.5 Å². The van der Waals surface area contributed by atoms with Gasteiger partial charge in [-0.1, -0.05) is 42.5 Å². The predicted molar refractivity (Wildman–Crippen MR) is 128 cm³/mol. The third kappa shape index (κ3) is 5.92. The van der Waals surface area contributed by atoms with Crippen LogP contribution in [0.15, 0.2) is 78.9 Å². The Kier molecular flexibility index (Phi) is 7.59. The lowest BCUT2D eigenvalue weighted by Crippen LogP contribution is -2.36. The van der Waals surface area contributed by atoms with Gasteiger partial charge < -0.3 is 19.7 Å². The van der Waals surface area contributed by atoms with Crippen molar-refractivity contribution in [3.63, 3.8) is 0 Å². The molecule has 33 heavy (non-hydrogen) atoms. The van der Waals surface area contributed by atoms with Gasteiger partial charge in [0.1, 0.15) is 24.7 Å². The summed E-state index contributed by atoms with van der Waals surface area (Å²) >= 11 is 0. The number of carbonyl (C=O) groups excluding carboxylic acids is 2. The van der Waals surface area contributed by atoms with Gasteiger partial charge in [0.2, 0.25) is 0 Å². The van der Waals surface area contributed by atoms with Crippen LogP contribution < -0.4 is 14.8 Å². The van der Waals surface area contributed by atoms with Crippen molar-refractivity contribution in [1.82, 2.24) is 4.90 Å². The van der Waals surface area contributed by atoms with Gasteiger partial charge in [0.25, 0.3) is 11.8 Å². The molecule has 0 saturated carbocycles. The van der Waals surface area contributed by atoms with Crippen LogP contribution in [0.1, 0.15) is 40.0 Å². The van der Waals surface area contributed by atoms with Crippen molar-refractivity contribution in [2.75, 3.05) is 31.6 Å². The Morgan fingerprint density at radius 2 is 1.36 bits per heavy atom. The van der Waals surface area contributed by atoms with Crippen molar-refractivity contribution in [1.29, 1.82) is 0 Å². The number of anilines is 1. The fraction of sp³-hybridized carbons (Fsp3) is 0.259. The maximum absolute atomic E-state index is 13.1. The highest BCUT2D eigenvalue weighted by Crippen LogP contribution is 2.23. The molecule has 0 bridgehead atoms. The molecule has 1 heterocycles. The Balaban J connectivity index is 1.41. The minimum Gasteiger partial charge on any atom is -0.490 e. The molecule has 0 aromatic heterocycles. The van der Waals surface area contributed by atoms with Crippen molar-refractivity contribution in [2.24, 2.45) is 0 Å². The monoisotopic (exact) mass is 444 g/mol. The summed E-state index contributed by atoms with van der Waals surface area (Å²) in [5, 5.41) is 2.91. The highest BCUT2D eigenvalue weighted by Gasteiger charge is 2.22. The summed E-state index contributed by atoms with van der Waals surface area (Å²) in [6.07, 6.45) is 3.17. The number of rotatable bonds is 8. The Morgan fingerprint density at radius 1 is 0.727 bits per heavy atom. The Hall–Kier alpha value is -3.80.